The molecule has 2 N–H and O–H groups in total. The fourth-order valence-corrected chi connectivity index (χ4v) is 4.68. The van der Waals surface area contributed by atoms with E-state index in [1.807, 2.05) is 0 Å². The van der Waals surface area contributed by atoms with Crippen molar-refractivity contribution >= 4 is 49.1 Å². The van der Waals surface area contributed by atoms with Gasteiger partial charge in [0.1, 0.15) is 21.6 Å². The number of alkyl halides is 3. The van der Waals surface area contributed by atoms with Crippen molar-refractivity contribution in [1.29, 1.82) is 0 Å². The van der Waals surface area contributed by atoms with E-state index in [2.05, 4.69) is 36.6 Å². The predicted molar refractivity (Wildman–Crippen MR) is 94.1 cm³/mol. The summed E-state index contributed by atoms with van der Waals surface area (Å²) in [6, 6.07) is 0.999. The molecule has 0 spiro atoms. The highest BCUT2D eigenvalue weighted by Gasteiger charge is 2.36. The summed E-state index contributed by atoms with van der Waals surface area (Å²) in [5, 5.41) is 10.6. The Morgan fingerprint density at radius 2 is 2.08 bits per heavy atom. The van der Waals surface area contributed by atoms with Gasteiger partial charge in [0, 0.05) is 12.4 Å². The molecule has 1 amide bonds. The predicted octanol–water partition coefficient (Wildman–Crippen LogP) is 3.97. The Hall–Kier alpha value is -2.14. The smallest absolute Gasteiger partial charge is 0.358 e. The lowest BCUT2D eigenvalue weighted by Crippen LogP contribution is -2.38. The van der Waals surface area contributed by atoms with Crippen LogP contribution in [0.25, 0.3) is 10.2 Å². The number of anilines is 1. The summed E-state index contributed by atoms with van der Waals surface area (Å²) in [5.41, 5.74) is 0.628. The Bertz CT molecular complexity index is 1040. The number of pyridine rings is 1. The first-order chi connectivity index (χ1) is 12.2. The van der Waals surface area contributed by atoms with Crippen LogP contribution in [-0.4, -0.2) is 20.7 Å². The van der Waals surface area contributed by atoms with E-state index in [1.54, 1.807) is 24.9 Å². The SMILES string of the molecule is Cc1cc(C(F)(F)F)nc2sc3c(c12)NC(c1c(Br)cnn1C)NC3=O. The van der Waals surface area contributed by atoms with Gasteiger partial charge in [0.2, 0.25) is 0 Å². The van der Waals surface area contributed by atoms with Crippen LogP contribution in [0.15, 0.2) is 16.7 Å². The Kier molecular flexibility index (Phi) is 3.77. The fraction of sp³-hybridized carbons (Fsp3) is 0.267. The molecule has 4 rings (SSSR count). The number of hydrogen-bond acceptors (Lipinski definition) is 5. The van der Waals surface area contributed by atoms with Crippen LogP contribution in [0.5, 0.6) is 0 Å². The van der Waals surface area contributed by atoms with Gasteiger partial charge in [-0.25, -0.2) is 4.98 Å². The molecule has 0 saturated heterocycles. The van der Waals surface area contributed by atoms with Crippen molar-refractivity contribution in [1.82, 2.24) is 20.1 Å². The number of rotatable bonds is 1. The molecule has 136 valence electrons. The number of carbonyl (C=O) groups excluding carboxylic acids is 1. The summed E-state index contributed by atoms with van der Waals surface area (Å²) in [4.78, 5) is 16.7. The minimum absolute atomic E-state index is 0.176. The van der Waals surface area contributed by atoms with Gasteiger partial charge in [-0.2, -0.15) is 18.3 Å². The highest BCUT2D eigenvalue weighted by Crippen LogP contribution is 2.43. The topological polar surface area (TPSA) is 71.8 Å². The van der Waals surface area contributed by atoms with E-state index in [0.717, 1.165) is 17.4 Å². The van der Waals surface area contributed by atoms with Gasteiger partial charge in [-0.15, -0.1) is 11.3 Å². The minimum atomic E-state index is -4.54. The lowest BCUT2D eigenvalue weighted by Gasteiger charge is -2.26. The summed E-state index contributed by atoms with van der Waals surface area (Å²) in [6.07, 6.45) is -3.51. The van der Waals surface area contributed by atoms with Crippen molar-refractivity contribution in [2.75, 3.05) is 5.32 Å². The van der Waals surface area contributed by atoms with Crippen molar-refractivity contribution in [2.24, 2.45) is 7.05 Å². The Labute approximate surface area is 157 Å². The number of hydrogen-bond donors (Lipinski definition) is 2. The van der Waals surface area contributed by atoms with E-state index < -0.39 is 18.0 Å². The average Bonchev–Trinajstić information content (AvgIpc) is 3.07. The summed E-state index contributed by atoms with van der Waals surface area (Å²) in [6.45, 7) is 1.58. The zero-order valence-electron chi connectivity index (χ0n) is 13.4. The van der Waals surface area contributed by atoms with Crippen molar-refractivity contribution in [2.45, 2.75) is 19.3 Å². The number of carbonyl (C=O) groups is 1. The van der Waals surface area contributed by atoms with Gasteiger partial charge in [-0.3, -0.25) is 9.48 Å². The second-order valence-electron chi connectivity index (χ2n) is 5.86. The lowest BCUT2D eigenvalue weighted by atomic mass is 10.1. The van der Waals surface area contributed by atoms with Gasteiger partial charge in [0.15, 0.2) is 0 Å². The summed E-state index contributed by atoms with van der Waals surface area (Å²) in [5.74, 6) is -0.368. The Morgan fingerprint density at radius 3 is 2.69 bits per heavy atom. The summed E-state index contributed by atoms with van der Waals surface area (Å²) >= 11 is 4.33. The highest BCUT2D eigenvalue weighted by molar-refractivity contribution is 9.10. The van der Waals surface area contributed by atoms with Gasteiger partial charge in [0.25, 0.3) is 5.91 Å². The van der Waals surface area contributed by atoms with Gasteiger partial charge < -0.3 is 10.6 Å². The van der Waals surface area contributed by atoms with E-state index in [4.69, 9.17) is 0 Å². The van der Waals surface area contributed by atoms with E-state index in [1.165, 1.54) is 0 Å². The number of halogens is 4. The maximum Gasteiger partial charge on any atom is 0.433 e. The number of aromatic nitrogens is 3. The third-order valence-corrected chi connectivity index (χ3v) is 5.82. The summed E-state index contributed by atoms with van der Waals surface area (Å²) < 4.78 is 41.4. The maximum absolute atomic E-state index is 13.0. The normalized spacial score (nSPS) is 17.2. The molecule has 1 atom stereocenters. The van der Waals surface area contributed by atoms with E-state index >= 15 is 0 Å². The average molecular weight is 446 g/mol. The molecule has 6 nitrogen and oxygen atoms in total. The lowest BCUT2D eigenvalue weighted by molar-refractivity contribution is -0.141. The number of nitrogens with zero attached hydrogens (tertiary/aromatic N) is 3. The zero-order valence-corrected chi connectivity index (χ0v) is 15.8. The zero-order chi connectivity index (χ0) is 18.8. The molecule has 0 saturated carbocycles. The molecule has 1 aliphatic heterocycles. The molecule has 0 radical (unpaired) electrons. The van der Waals surface area contributed by atoms with Crippen LogP contribution in [0.4, 0.5) is 18.9 Å². The van der Waals surface area contributed by atoms with E-state index in [-0.39, 0.29) is 10.7 Å². The molecule has 0 fully saturated rings. The van der Waals surface area contributed by atoms with Gasteiger partial charge in [-0.1, -0.05) is 0 Å². The first-order valence-electron chi connectivity index (χ1n) is 7.43. The van der Waals surface area contributed by atoms with Crippen LogP contribution in [0.3, 0.4) is 0 Å². The quantitative estimate of drug-likeness (QED) is 0.594. The highest BCUT2D eigenvalue weighted by atomic mass is 79.9. The Morgan fingerprint density at radius 1 is 1.35 bits per heavy atom. The molecule has 0 aromatic carbocycles. The molecule has 3 aromatic heterocycles. The third kappa shape index (κ3) is 2.57. The summed E-state index contributed by atoms with van der Waals surface area (Å²) in [7, 11) is 1.73. The first-order valence-corrected chi connectivity index (χ1v) is 9.04. The molecule has 4 heterocycles. The van der Waals surface area contributed by atoms with Crippen molar-refractivity contribution in [3.8, 4) is 0 Å². The first kappa shape index (κ1) is 17.3. The monoisotopic (exact) mass is 445 g/mol. The maximum atomic E-state index is 13.0. The second kappa shape index (κ2) is 5.68. The molecular weight excluding hydrogens is 435 g/mol. The van der Waals surface area contributed by atoms with Gasteiger partial charge in [-0.05, 0) is 34.5 Å². The molecule has 1 aliphatic rings. The number of nitrogens with one attached hydrogen (secondary N) is 2. The van der Waals surface area contributed by atoms with E-state index in [0.29, 0.717) is 31.7 Å². The van der Waals surface area contributed by atoms with Crippen molar-refractivity contribution in [3.05, 3.63) is 38.6 Å². The molecule has 0 bridgehead atoms. The third-order valence-electron chi connectivity index (χ3n) is 4.13. The Balaban J connectivity index is 1.87. The molecule has 3 aromatic rings. The van der Waals surface area contributed by atoms with Gasteiger partial charge in [0.05, 0.1) is 22.1 Å². The number of thiophene rings is 1. The molecule has 1 unspecified atom stereocenters. The standard InChI is InChI=1S/C15H11BrF3N5OS/c1-5-3-7(15(17,18)19)21-14-8(5)9-11(26-14)13(25)23-12(22-9)10-6(16)4-20-24(10)2/h3-4,12,22H,1-2H3,(H,23,25). The van der Waals surface area contributed by atoms with Crippen LogP contribution >= 0.6 is 27.3 Å². The van der Waals surface area contributed by atoms with Crippen LogP contribution in [0.1, 0.15) is 32.8 Å². The van der Waals surface area contributed by atoms with Crippen LogP contribution in [0, 0.1) is 6.92 Å². The van der Waals surface area contributed by atoms with Crippen LogP contribution in [0.2, 0.25) is 0 Å². The number of fused-ring (bicyclic) bond motifs is 3. The molecular formula is C15H11BrF3N5OS. The van der Waals surface area contributed by atoms with Crippen LogP contribution < -0.4 is 10.6 Å². The minimum Gasteiger partial charge on any atom is -0.358 e. The van der Waals surface area contributed by atoms with Crippen LogP contribution in [-0.2, 0) is 13.2 Å². The molecule has 11 heteroatoms. The number of amides is 1. The van der Waals surface area contributed by atoms with E-state index in [9.17, 15) is 18.0 Å². The van der Waals surface area contributed by atoms with Crippen molar-refractivity contribution in [3.63, 3.8) is 0 Å². The fourth-order valence-electron chi connectivity index (χ4n) is 2.98. The molecule has 0 aliphatic carbocycles. The molecule has 26 heavy (non-hydrogen) atoms. The number of aryl methyl sites for hydroxylation is 2. The van der Waals surface area contributed by atoms with Crippen molar-refractivity contribution < 1.29 is 18.0 Å². The second-order valence-corrected chi connectivity index (χ2v) is 7.71. The van der Waals surface area contributed by atoms with Gasteiger partial charge >= 0.3 is 6.18 Å². The largest absolute Gasteiger partial charge is 0.433 e.